The van der Waals surface area contributed by atoms with Crippen molar-refractivity contribution in [2.24, 2.45) is 5.92 Å². The molecule has 14 heavy (non-hydrogen) atoms. The summed E-state index contributed by atoms with van der Waals surface area (Å²) in [6.45, 7) is 6.03. The first-order valence-corrected chi connectivity index (χ1v) is 5.57. The van der Waals surface area contributed by atoms with Crippen molar-refractivity contribution in [3.8, 4) is 0 Å². The van der Waals surface area contributed by atoms with E-state index in [1.165, 1.54) is 12.8 Å². The van der Waals surface area contributed by atoms with Crippen molar-refractivity contribution in [2.75, 3.05) is 0 Å². The first-order chi connectivity index (χ1) is 6.63. The molecule has 0 aromatic carbocycles. The summed E-state index contributed by atoms with van der Waals surface area (Å²) in [7, 11) is 0. The first-order valence-electron chi connectivity index (χ1n) is 5.57. The lowest BCUT2D eigenvalue weighted by molar-refractivity contribution is -0.118. The lowest BCUT2D eigenvalue weighted by atomic mass is 9.87. The number of nitrogens with one attached hydrogen (secondary N) is 1. The van der Waals surface area contributed by atoms with Crippen molar-refractivity contribution in [1.29, 1.82) is 0 Å². The van der Waals surface area contributed by atoms with Crippen molar-refractivity contribution in [2.45, 2.75) is 52.5 Å². The molecule has 1 aliphatic carbocycles. The summed E-state index contributed by atoms with van der Waals surface area (Å²) in [6.07, 6.45) is 6.72. The fourth-order valence-electron chi connectivity index (χ4n) is 2.00. The normalized spacial score (nSPS) is 28.6. The molecule has 80 valence electrons. The molecule has 1 aliphatic rings. The summed E-state index contributed by atoms with van der Waals surface area (Å²) in [5.41, 5.74) is 0.822. The molecule has 2 heteroatoms. The van der Waals surface area contributed by atoms with Crippen LogP contribution in [-0.2, 0) is 4.79 Å². The molecule has 2 atom stereocenters. The number of rotatable bonds is 2. The lowest BCUT2D eigenvalue weighted by Gasteiger charge is -2.27. The second-order valence-electron chi connectivity index (χ2n) is 4.41. The Bertz CT molecular complexity index is 232. The molecule has 2 unspecified atom stereocenters. The van der Waals surface area contributed by atoms with Crippen LogP contribution >= 0.6 is 0 Å². The predicted octanol–water partition coefficient (Wildman–Crippen LogP) is 2.65. The van der Waals surface area contributed by atoms with Crippen LogP contribution < -0.4 is 5.32 Å². The van der Waals surface area contributed by atoms with Gasteiger partial charge in [-0.15, -0.1) is 0 Å². The molecule has 0 aliphatic heterocycles. The van der Waals surface area contributed by atoms with Crippen molar-refractivity contribution < 1.29 is 4.79 Å². The van der Waals surface area contributed by atoms with Gasteiger partial charge in [0.1, 0.15) is 0 Å². The van der Waals surface area contributed by atoms with Gasteiger partial charge in [0.15, 0.2) is 0 Å². The number of hydrogen-bond donors (Lipinski definition) is 1. The van der Waals surface area contributed by atoms with Gasteiger partial charge in [0, 0.05) is 11.6 Å². The van der Waals surface area contributed by atoms with Gasteiger partial charge in [-0.25, -0.2) is 0 Å². The maximum atomic E-state index is 11.6. The summed E-state index contributed by atoms with van der Waals surface area (Å²) < 4.78 is 0. The number of carbonyl (C=O) groups excluding carboxylic acids is 1. The fraction of sp³-hybridized carbons (Fsp3) is 0.750. The van der Waals surface area contributed by atoms with Crippen molar-refractivity contribution >= 4 is 5.91 Å². The highest BCUT2D eigenvalue weighted by molar-refractivity contribution is 5.92. The Hall–Kier alpha value is -0.790. The SMILES string of the molecule is C/C=C(\C)C(=O)NC1CCCC(C)C1. The average molecular weight is 195 g/mol. The van der Waals surface area contributed by atoms with Crippen LogP contribution in [0.1, 0.15) is 46.5 Å². The minimum Gasteiger partial charge on any atom is -0.350 e. The zero-order chi connectivity index (χ0) is 10.6. The van der Waals surface area contributed by atoms with Crippen LogP contribution in [0.2, 0.25) is 0 Å². The summed E-state index contributed by atoms with van der Waals surface area (Å²) in [4.78, 5) is 11.6. The van der Waals surface area contributed by atoms with Gasteiger partial charge in [-0.3, -0.25) is 4.79 Å². The second kappa shape index (κ2) is 5.18. The highest BCUT2D eigenvalue weighted by atomic mass is 16.1. The van der Waals surface area contributed by atoms with E-state index in [4.69, 9.17) is 0 Å². The lowest BCUT2D eigenvalue weighted by Crippen LogP contribution is -2.38. The molecule has 1 N–H and O–H groups in total. The molecule has 0 bridgehead atoms. The Balaban J connectivity index is 2.40. The van der Waals surface area contributed by atoms with Crippen LogP contribution in [0.15, 0.2) is 11.6 Å². The van der Waals surface area contributed by atoms with Crippen LogP contribution in [0, 0.1) is 5.92 Å². The van der Waals surface area contributed by atoms with E-state index in [0.717, 1.165) is 24.3 Å². The Morgan fingerprint density at radius 2 is 2.14 bits per heavy atom. The van der Waals surface area contributed by atoms with Crippen LogP contribution in [0.5, 0.6) is 0 Å². The first kappa shape index (κ1) is 11.3. The standard InChI is InChI=1S/C12H21NO/c1-4-10(3)12(14)13-11-7-5-6-9(2)8-11/h4,9,11H,5-8H2,1-3H3,(H,13,14)/b10-4+. The highest BCUT2D eigenvalue weighted by Crippen LogP contribution is 2.23. The monoisotopic (exact) mass is 195 g/mol. The quantitative estimate of drug-likeness (QED) is 0.674. The molecular weight excluding hydrogens is 174 g/mol. The third-order valence-corrected chi connectivity index (χ3v) is 3.06. The van der Waals surface area contributed by atoms with E-state index in [0.29, 0.717) is 6.04 Å². The molecule has 0 heterocycles. The van der Waals surface area contributed by atoms with E-state index >= 15 is 0 Å². The van der Waals surface area contributed by atoms with E-state index in [9.17, 15) is 4.79 Å². The van der Waals surface area contributed by atoms with Crippen LogP contribution in [0.25, 0.3) is 0 Å². The molecule has 1 saturated carbocycles. The van der Waals surface area contributed by atoms with Gasteiger partial charge in [0.05, 0.1) is 0 Å². The minimum atomic E-state index is 0.103. The van der Waals surface area contributed by atoms with Crippen LogP contribution in [0.4, 0.5) is 0 Å². The van der Waals surface area contributed by atoms with Crippen LogP contribution in [-0.4, -0.2) is 11.9 Å². The fourth-order valence-corrected chi connectivity index (χ4v) is 2.00. The van der Waals surface area contributed by atoms with Gasteiger partial charge in [0.2, 0.25) is 5.91 Å². The molecule has 0 spiro atoms. The number of amides is 1. The number of carbonyl (C=O) groups is 1. The molecule has 1 rings (SSSR count). The second-order valence-corrected chi connectivity index (χ2v) is 4.41. The van der Waals surface area contributed by atoms with Crippen molar-refractivity contribution in [1.82, 2.24) is 5.32 Å². The molecule has 0 aromatic rings. The molecular formula is C12H21NO. The summed E-state index contributed by atoms with van der Waals surface area (Å²) >= 11 is 0. The van der Waals surface area contributed by atoms with Crippen molar-refractivity contribution in [3.63, 3.8) is 0 Å². The predicted molar refractivity (Wildman–Crippen MR) is 59.0 cm³/mol. The summed E-state index contributed by atoms with van der Waals surface area (Å²) in [6, 6.07) is 0.404. The zero-order valence-corrected chi connectivity index (χ0v) is 9.47. The molecule has 1 amide bonds. The van der Waals surface area contributed by atoms with E-state index in [1.807, 2.05) is 19.9 Å². The van der Waals surface area contributed by atoms with Gasteiger partial charge in [-0.1, -0.05) is 25.8 Å². The summed E-state index contributed by atoms with van der Waals surface area (Å²) in [5, 5.41) is 3.09. The maximum absolute atomic E-state index is 11.6. The smallest absolute Gasteiger partial charge is 0.246 e. The van der Waals surface area contributed by atoms with Gasteiger partial charge in [0.25, 0.3) is 0 Å². The van der Waals surface area contributed by atoms with E-state index in [-0.39, 0.29) is 5.91 Å². The number of hydrogen-bond acceptors (Lipinski definition) is 1. The van der Waals surface area contributed by atoms with Gasteiger partial charge >= 0.3 is 0 Å². The topological polar surface area (TPSA) is 29.1 Å². The van der Waals surface area contributed by atoms with E-state index in [1.54, 1.807) is 0 Å². The van der Waals surface area contributed by atoms with E-state index in [2.05, 4.69) is 12.2 Å². The Kier molecular flexibility index (Phi) is 4.18. The largest absolute Gasteiger partial charge is 0.350 e. The third kappa shape index (κ3) is 3.17. The molecule has 0 aromatic heterocycles. The van der Waals surface area contributed by atoms with Gasteiger partial charge < -0.3 is 5.32 Å². The van der Waals surface area contributed by atoms with E-state index < -0.39 is 0 Å². The minimum absolute atomic E-state index is 0.103. The third-order valence-electron chi connectivity index (χ3n) is 3.06. The summed E-state index contributed by atoms with van der Waals surface area (Å²) in [5.74, 6) is 0.867. The maximum Gasteiger partial charge on any atom is 0.246 e. The molecule has 1 fully saturated rings. The van der Waals surface area contributed by atoms with Crippen molar-refractivity contribution in [3.05, 3.63) is 11.6 Å². The van der Waals surface area contributed by atoms with Gasteiger partial charge in [-0.2, -0.15) is 0 Å². The highest BCUT2D eigenvalue weighted by Gasteiger charge is 2.20. The average Bonchev–Trinajstić information content (AvgIpc) is 2.16. The number of allylic oxidation sites excluding steroid dienone is 1. The van der Waals surface area contributed by atoms with Gasteiger partial charge in [-0.05, 0) is 32.6 Å². The van der Waals surface area contributed by atoms with Crippen LogP contribution in [0.3, 0.4) is 0 Å². The molecule has 0 saturated heterocycles. The molecule has 0 radical (unpaired) electrons. The molecule has 2 nitrogen and oxygen atoms in total. The Labute approximate surface area is 86.8 Å². The Morgan fingerprint density at radius 3 is 2.71 bits per heavy atom. The zero-order valence-electron chi connectivity index (χ0n) is 9.47. The Morgan fingerprint density at radius 1 is 1.43 bits per heavy atom.